The van der Waals surface area contributed by atoms with Crippen molar-refractivity contribution in [2.45, 2.75) is 26.3 Å². The van der Waals surface area contributed by atoms with Gasteiger partial charge in [0.1, 0.15) is 0 Å². The van der Waals surface area contributed by atoms with E-state index in [1.807, 2.05) is 14.0 Å². The first-order valence-corrected chi connectivity index (χ1v) is 6.72. The lowest BCUT2D eigenvalue weighted by Crippen LogP contribution is -2.29. The number of rotatable bonds is 6. The fourth-order valence-electron chi connectivity index (χ4n) is 2.60. The molecule has 1 saturated heterocycles. The zero-order valence-electron chi connectivity index (χ0n) is 11.7. The number of aromatic nitrogens is 2. The van der Waals surface area contributed by atoms with Crippen LogP contribution < -0.4 is 10.1 Å². The van der Waals surface area contributed by atoms with Crippen LogP contribution in [0.15, 0.2) is 0 Å². The van der Waals surface area contributed by atoms with E-state index in [2.05, 4.69) is 15.3 Å². The summed E-state index contributed by atoms with van der Waals surface area (Å²) < 4.78 is 7.18. The van der Waals surface area contributed by atoms with Crippen LogP contribution >= 0.6 is 0 Å². The Bertz CT molecular complexity index is 383. The molecule has 5 heteroatoms. The van der Waals surface area contributed by atoms with Gasteiger partial charge in [-0.25, -0.2) is 4.68 Å². The van der Waals surface area contributed by atoms with Crippen LogP contribution in [0.2, 0.25) is 0 Å². The average molecular weight is 252 g/mol. The van der Waals surface area contributed by atoms with E-state index in [4.69, 9.17) is 4.74 Å². The van der Waals surface area contributed by atoms with Gasteiger partial charge in [-0.2, -0.15) is 5.10 Å². The first-order chi connectivity index (χ1) is 8.72. The first kappa shape index (κ1) is 13.4. The molecule has 0 saturated carbocycles. The topological polar surface area (TPSA) is 42.3 Å². The van der Waals surface area contributed by atoms with Gasteiger partial charge in [0.15, 0.2) is 0 Å². The van der Waals surface area contributed by atoms with Crippen LogP contribution in [0.5, 0.6) is 5.88 Å². The van der Waals surface area contributed by atoms with Crippen molar-refractivity contribution in [3.8, 4) is 5.88 Å². The number of aryl methyl sites for hydroxylation is 2. The number of nitrogens with zero attached hydrogens (tertiary/aromatic N) is 3. The quantitative estimate of drug-likeness (QED) is 0.765. The summed E-state index contributed by atoms with van der Waals surface area (Å²) in [4.78, 5) is 2.51. The van der Waals surface area contributed by atoms with Crippen molar-refractivity contribution in [3.05, 3.63) is 11.3 Å². The Morgan fingerprint density at radius 1 is 1.33 bits per heavy atom. The van der Waals surface area contributed by atoms with Gasteiger partial charge >= 0.3 is 0 Å². The summed E-state index contributed by atoms with van der Waals surface area (Å²) in [5.74, 6) is 0.862. The minimum absolute atomic E-state index is 0.830. The Morgan fingerprint density at radius 3 is 2.72 bits per heavy atom. The van der Waals surface area contributed by atoms with Gasteiger partial charge in [0.05, 0.1) is 18.4 Å². The maximum absolute atomic E-state index is 5.38. The van der Waals surface area contributed by atoms with Crippen LogP contribution in [0.4, 0.5) is 0 Å². The highest BCUT2D eigenvalue weighted by atomic mass is 16.5. The lowest BCUT2D eigenvalue weighted by atomic mass is 10.2. The Kier molecular flexibility index (Phi) is 4.60. The highest BCUT2D eigenvalue weighted by Gasteiger charge is 2.14. The van der Waals surface area contributed by atoms with Gasteiger partial charge < -0.3 is 15.0 Å². The van der Waals surface area contributed by atoms with Crippen molar-refractivity contribution in [3.63, 3.8) is 0 Å². The average Bonchev–Trinajstić information content (AvgIpc) is 2.93. The summed E-state index contributed by atoms with van der Waals surface area (Å²) in [6.07, 6.45) is 2.71. The van der Waals surface area contributed by atoms with Crippen LogP contribution in [-0.4, -0.2) is 48.0 Å². The summed E-state index contributed by atoms with van der Waals surface area (Å²) in [6.45, 7) is 7.55. The second-order valence-electron chi connectivity index (χ2n) is 4.92. The van der Waals surface area contributed by atoms with Crippen molar-refractivity contribution < 1.29 is 4.74 Å². The van der Waals surface area contributed by atoms with E-state index >= 15 is 0 Å². The number of ether oxygens (including phenoxy) is 1. The molecule has 0 unspecified atom stereocenters. The first-order valence-electron chi connectivity index (χ1n) is 6.72. The second-order valence-corrected chi connectivity index (χ2v) is 4.92. The van der Waals surface area contributed by atoms with Crippen molar-refractivity contribution >= 4 is 0 Å². The normalized spacial score (nSPS) is 16.4. The van der Waals surface area contributed by atoms with Crippen LogP contribution in [0.1, 0.15) is 24.1 Å². The molecule has 18 heavy (non-hydrogen) atoms. The van der Waals surface area contributed by atoms with Gasteiger partial charge in [-0.1, -0.05) is 0 Å². The Labute approximate surface area is 109 Å². The van der Waals surface area contributed by atoms with Gasteiger partial charge in [-0.15, -0.1) is 0 Å². The lowest BCUT2D eigenvalue weighted by Gasteiger charge is -2.14. The maximum Gasteiger partial charge on any atom is 0.216 e. The Hall–Kier alpha value is -1.07. The molecule has 0 aromatic carbocycles. The molecule has 1 fully saturated rings. The maximum atomic E-state index is 5.38. The Morgan fingerprint density at radius 2 is 2.06 bits per heavy atom. The predicted molar refractivity (Wildman–Crippen MR) is 71.9 cm³/mol. The van der Waals surface area contributed by atoms with E-state index in [-0.39, 0.29) is 0 Å². The van der Waals surface area contributed by atoms with Crippen LogP contribution in [0, 0.1) is 6.92 Å². The van der Waals surface area contributed by atoms with E-state index in [0.717, 1.165) is 31.2 Å². The van der Waals surface area contributed by atoms with Gasteiger partial charge in [-0.3, -0.25) is 0 Å². The fraction of sp³-hybridized carbons (Fsp3) is 0.769. The van der Waals surface area contributed by atoms with Crippen LogP contribution in [0.25, 0.3) is 0 Å². The summed E-state index contributed by atoms with van der Waals surface area (Å²) >= 11 is 0. The molecule has 1 N–H and O–H groups in total. The molecule has 0 bridgehead atoms. The second kappa shape index (κ2) is 6.20. The molecule has 2 rings (SSSR count). The highest BCUT2D eigenvalue weighted by molar-refractivity contribution is 5.30. The summed E-state index contributed by atoms with van der Waals surface area (Å²) in [7, 11) is 3.61. The zero-order chi connectivity index (χ0) is 13.0. The summed E-state index contributed by atoms with van der Waals surface area (Å²) in [5, 5.41) is 7.86. The molecule has 1 aliphatic rings. The number of nitrogens with one attached hydrogen (secondary N) is 1. The van der Waals surface area contributed by atoms with Gasteiger partial charge in [0.2, 0.25) is 5.88 Å². The van der Waals surface area contributed by atoms with E-state index in [1.54, 1.807) is 11.8 Å². The van der Waals surface area contributed by atoms with E-state index in [0.29, 0.717) is 0 Å². The van der Waals surface area contributed by atoms with Crippen molar-refractivity contribution in [1.82, 2.24) is 20.0 Å². The predicted octanol–water partition coefficient (Wildman–Crippen LogP) is 0.923. The minimum atomic E-state index is 0.830. The van der Waals surface area contributed by atoms with E-state index in [1.165, 1.54) is 31.5 Å². The highest BCUT2D eigenvalue weighted by Crippen LogP contribution is 2.20. The minimum Gasteiger partial charge on any atom is -0.481 e. The van der Waals surface area contributed by atoms with Gasteiger partial charge in [0, 0.05) is 26.7 Å². The molecule has 5 nitrogen and oxygen atoms in total. The summed E-state index contributed by atoms with van der Waals surface area (Å²) in [6, 6.07) is 0. The molecule has 0 atom stereocenters. The Balaban J connectivity index is 1.78. The largest absolute Gasteiger partial charge is 0.481 e. The van der Waals surface area contributed by atoms with Gasteiger partial charge in [0.25, 0.3) is 0 Å². The molecule has 1 aromatic rings. The summed E-state index contributed by atoms with van der Waals surface area (Å²) in [5.41, 5.74) is 2.21. The standard InChI is InChI=1S/C13H24N4O/c1-11-12(13(18-3)16(2)15-11)10-14-6-9-17-7-4-5-8-17/h14H,4-10H2,1-3H3. The molecular formula is C13H24N4O. The zero-order valence-corrected chi connectivity index (χ0v) is 11.7. The van der Waals surface area contributed by atoms with Crippen LogP contribution in [0.3, 0.4) is 0 Å². The molecule has 0 aliphatic carbocycles. The SMILES string of the molecule is COc1c(CNCCN2CCCC2)c(C)nn1C. The van der Waals surface area contributed by atoms with E-state index in [9.17, 15) is 0 Å². The third kappa shape index (κ3) is 3.03. The molecule has 2 heterocycles. The van der Waals surface area contributed by atoms with Crippen molar-refractivity contribution in [1.29, 1.82) is 0 Å². The molecule has 0 amide bonds. The number of methoxy groups -OCH3 is 1. The number of hydrogen-bond donors (Lipinski definition) is 1. The smallest absolute Gasteiger partial charge is 0.216 e. The number of likely N-dealkylation sites (tertiary alicyclic amines) is 1. The third-order valence-electron chi connectivity index (χ3n) is 3.59. The molecular weight excluding hydrogens is 228 g/mol. The van der Waals surface area contributed by atoms with Gasteiger partial charge in [-0.05, 0) is 32.9 Å². The molecule has 1 aliphatic heterocycles. The molecule has 0 spiro atoms. The lowest BCUT2D eigenvalue weighted by molar-refractivity contribution is 0.334. The molecule has 0 radical (unpaired) electrons. The van der Waals surface area contributed by atoms with E-state index < -0.39 is 0 Å². The van der Waals surface area contributed by atoms with Crippen molar-refractivity contribution in [2.24, 2.45) is 7.05 Å². The molecule has 102 valence electrons. The van der Waals surface area contributed by atoms with Crippen molar-refractivity contribution in [2.75, 3.05) is 33.3 Å². The fourth-order valence-corrected chi connectivity index (χ4v) is 2.60. The monoisotopic (exact) mass is 252 g/mol. The van der Waals surface area contributed by atoms with Crippen LogP contribution in [-0.2, 0) is 13.6 Å². The third-order valence-corrected chi connectivity index (χ3v) is 3.59. The number of hydrogen-bond acceptors (Lipinski definition) is 4. The molecule has 1 aromatic heterocycles.